The van der Waals surface area contributed by atoms with Crippen LogP contribution in [0.1, 0.15) is 19.3 Å². The van der Waals surface area contributed by atoms with E-state index in [-0.39, 0.29) is 5.82 Å². The molecule has 0 heterocycles. The highest BCUT2D eigenvalue weighted by atomic mass is 35.5. The third-order valence-corrected chi connectivity index (χ3v) is 2.83. The minimum atomic E-state index is -0.378. The molecule has 0 bridgehead atoms. The van der Waals surface area contributed by atoms with E-state index in [1.807, 2.05) is 0 Å². The number of ether oxygens (including phenoxy) is 1. The van der Waals surface area contributed by atoms with Crippen molar-refractivity contribution in [1.82, 2.24) is 0 Å². The summed E-state index contributed by atoms with van der Waals surface area (Å²) in [5, 5.41) is 0.401. The van der Waals surface area contributed by atoms with Crippen molar-refractivity contribution in [3.8, 4) is 5.75 Å². The lowest BCUT2D eigenvalue weighted by Crippen LogP contribution is -2.19. The quantitative estimate of drug-likeness (QED) is 0.746. The van der Waals surface area contributed by atoms with Crippen LogP contribution in [0.25, 0.3) is 0 Å². The Morgan fingerprint density at radius 1 is 1.43 bits per heavy atom. The van der Waals surface area contributed by atoms with Gasteiger partial charge in [0.1, 0.15) is 0 Å². The van der Waals surface area contributed by atoms with E-state index in [1.165, 1.54) is 25.3 Å². The maximum atomic E-state index is 13.2. The molecule has 0 unspecified atom stereocenters. The average molecular weight is 215 g/mol. The maximum absolute atomic E-state index is 13.2. The highest BCUT2D eigenvalue weighted by molar-refractivity contribution is 6.30. The molecule has 2 rings (SSSR count). The molecule has 0 saturated heterocycles. The van der Waals surface area contributed by atoms with Gasteiger partial charge in [-0.25, -0.2) is 4.39 Å². The molecule has 1 saturated carbocycles. The van der Waals surface area contributed by atoms with E-state index in [4.69, 9.17) is 16.3 Å². The largest absolute Gasteiger partial charge is 0.490 e. The summed E-state index contributed by atoms with van der Waals surface area (Å²) in [7, 11) is 0. The topological polar surface area (TPSA) is 9.23 Å². The van der Waals surface area contributed by atoms with Gasteiger partial charge in [0, 0.05) is 5.02 Å². The first-order valence-electron chi connectivity index (χ1n) is 4.83. The van der Waals surface area contributed by atoms with E-state index < -0.39 is 0 Å². The SMILES string of the molecule is Fc1cc(Cl)ccc1OCC1CCC1. The molecule has 0 spiro atoms. The minimum Gasteiger partial charge on any atom is -0.490 e. The highest BCUT2D eigenvalue weighted by Gasteiger charge is 2.18. The Kier molecular flexibility index (Phi) is 2.92. The van der Waals surface area contributed by atoms with Gasteiger partial charge in [0.05, 0.1) is 6.61 Å². The van der Waals surface area contributed by atoms with Crippen molar-refractivity contribution in [1.29, 1.82) is 0 Å². The molecule has 1 fully saturated rings. The Balaban J connectivity index is 1.94. The highest BCUT2D eigenvalue weighted by Crippen LogP contribution is 2.28. The molecular weight excluding hydrogens is 203 g/mol. The zero-order valence-electron chi connectivity index (χ0n) is 7.80. The van der Waals surface area contributed by atoms with E-state index >= 15 is 0 Å². The summed E-state index contributed by atoms with van der Waals surface area (Å²) in [5.41, 5.74) is 0. The summed E-state index contributed by atoms with van der Waals surface area (Å²) in [4.78, 5) is 0. The lowest BCUT2D eigenvalue weighted by Gasteiger charge is -2.25. The monoisotopic (exact) mass is 214 g/mol. The molecule has 3 heteroatoms. The second kappa shape index (κ2) is 4.18. The first kappa shape index (κ1) is 9.78. The standard InChI is InChI=1S/C11H12ClFO/c12-9-4-5-11(10(13)6-9)14-7-8-2-1-3-8/h4-6,8H,1-3,7H2. The minimum absolute atomic E-state index is 0.307. The molecule has 1 aromatic carbocycles. The van der Waals surface area contributed by atoms with Gasteiger partial charge in [-0.1, -0.05) is 18.0 Å². The van der Waals surface area contributed by atoms with Crippen LogP contribution in [0, 0.1) is 11.7 Å². The lowest BCUT2D eigenvalue weighted by molar-refractivity contribution is 0.175. The Hall–Kier alpha value is -0.760. The fraction of sp³-hybridized carbons (Fsp3) is 0.455. The van der Waals surface area contributed by atoms with Crippen molar-refractivity contribution in [3.63, 3.8) is 0 Å². The molecule has 0 radical (unpaired) electrons. The number of hydrogen-bond donors (Lipinski definition) is 0. The Morgan fingerprint density at radius 2 is 2.21 bits per heavy atom. The van der Waals surface area contributed by atoms with Crippen LogP contribution in [-0.4, -0.2) is 6.61 Å². The molecule has 14 heavy (non-hydrogen) atoms. The van der Waals surface area contributed by atoms with E-state index in [0.29, 0.717) is 23.3 Å². The van der Waals surface area contributed by atoms with Crippen molar-refractivity contribution in [2.24, 2.45) is 5.92 Å². The van der Waals surface area contributed by atoms with Crippen molar-refractivity contribution >= 4 is 11.6 Å². The zero-order chi connectivity index (χ0) is 9.97. The number of hydrogen-bond acceptors (Lipinski definition) is 1. The molecule has 1 aliphatic carbocycles. The van der Waals surface area contributed by atoms with Gasteiger partial charge in [-0.2, -0.15) is 0 Å². The van der Waals surface area contributed by atoms with Gasteiger partial charge >= 0.3 is 0 Å². The van der Waals surface area contributed by atoms with Crippen LogP contribution in [0.2, 0.25) is 5.02 Å². The van der Waals surface area contributed by atoms with Crippen LogP contribution in [0.3, 0.4) is 0 Å². The van der Waals surface area contributed by atoms with Crippen LogP contribution in [0.15, 0.2) is 18.2 Å². The van der Waals surface area contributed by atoms with Crippen LogP contribution in [-0.2, 0) is 0 Å². The van der Waals surface area contributed by atoms with Crippen molar-refractivity contribution in [2.75, 3.05) is 6.61 Å². The molecule has 0 amide bonds. The van der Waals surface area contributed by atoms with Gasteiger partial charge in [0.25, 0.3) is 0 Å². The van der Waals surface area contributed by atoms with Gasteiger partial charge in [0.15, 0.2) is 11.6 Å². The first-order chi connectivity index (χ1) is 6.75. The number of rotatable bonds is 3. The summed E-state index contributed by atoms with van der Waals surface area (Å²) in [6.07, 6.45) is 3.68. The van der Waals surface area contributed by atoms with Crippen LogP contribution in [0.5, 0.6) is 5.75 Å². The lowest BCUT2D eigenvalue weighted by atomic mass is 9.86. The molecule has 0 atom stereocenters. The Morgan fingerprint density at radius 3 is 2.79 bits per heavy atom. The van der Waals surface area contributed by atoms with Gasteiger partial charge < -0.3 is 4.74 Å². The molecule has 0 aromatic heterocycles. The van der Waals surface area contributed by atoms with Crippen LogP contribution in [0.4, 0.5) is 4.39 Å². The fourth-order valence-electron chi connectivity index (χ4n) is 1.46. The molecule has 1 aliphatic rings. The van der Waals surface area contributed by atoms with E-state index in [1.54, 1.807) is 12.1 Å². The fourth-order valence-corrected chi connectivity index (χ4v) is 1.62. The summed E-state index contributed by atoms with van der Waals surface area (Å²) in [6.45, 7) is 0.624. The molecule has 1 nitrogen and oxygen atoms in total. The summed E-state index contributed by atoms with van der Waals surface area (Å²) in [5.74, 6) is 0.545. The molecule has 76 valence electrons. The third kappa shape index (κ3) is 2.18. The van der Waals surface area contributed by atoms with E-state index in [0.717, 1.165) is 0 Å². The average Bonchev–Trinajstić information content (AvgIpc) is 2.05. The molecule has 0 aliphatic heterocycles. The van der Waals surface area contributed by atoms with Crippen molar-refractivity contribution in [3.05, 3.63) is 29.0 Å². The van der Waals surface area contributed by atoms with Crippen LogP contribution >= 0.6 is 11.6 Å². The van der Waals surface area contributed by atoms with Crippen molar-refractivity contribution < 1.29 is 9.13 Å². The van der Waals surface area contributed by atoms with E-state index in [9.17, 15) is 4.39 Å². The second-order valence-electron chi connectivity index (χ2n) is 3.68. The summed E-state index contributed by atoms with van der Waals surface area (Å²) < 4.78 is 18.6. The summed E-state index contributed by atoms with van der Waals surface area (Å²) >= 11 is 5.62. The number of benzene rings is 1. The Labute approximate surface area is 87.8 Å². The van der Waals surface area contributed by atoms with Gasteiger partial charge in [-0.3, -0.25) is 0 Å². The van der Waals surface area contributed by atoms with Crippen molar-refractivity contribution in [2.45, 2.75) is 19.3 Å². The zero-order valence-corrected chi connectivity index (χ0v) is 8.56. The Bertz CT molecular complexity index is 323. The summed E-state index contributed by atoms with van der Waals surface area (Å²) in [6, 6.07) is 4.49. The number of halogens is 2. The third-order valence-electron chi connectivity index (χ3n) is 2.59. The smallest absolute Gasteiger partial charge is 0.166 e. The maximum Gasteiger partial charge on any atom is 0.166 e. The molecule has 1 aromatic rings. The molecular formula is C11H12ClFO. The predicted octanol–water partition coefficient (Wildman–Crippen LogP) is 3.66. The van der Waals surface area contributed by atoms with Gasteiger partial charge in [-0.05, 0) is 37.0 Å². The van der Waals surface area contributed by atoms with Gasteiger partial charge in [-0.15, -0.1) is 0 Å². The second-order valence-corrected chi connectivity index (χ2v) is 4.12. The van der Waals surface area contributed by atoms with E-state index in [2.05, 4.69) is 0 Å². The van der Waals surface area contributed by atoms with Gasteiger partial charge in [0.2, 0.25) is 0 Å². The van der Waals surface area contributed by atoms with Crippen LogP contribution < -0.4 is 4.74 Å². The predicted molar refractivity (Wildman–Crippen MR) is 54.2 cm³/mol. The molecule has 0 N–H and O–H groups in total. The first-order valence-corrected chi connectivity index (χ1v) is 5.21. The normalized spacial score (nSPS) is 16.4.